The van der Waals surface area contributed by atoms with Crippen LogP contribution in [0.25, 0.3) is 0 Å². The Morgan fingerprint density at radius 2 is 1.67 bits per heavy atom. The Bertz CT molecular complexity index is 186. The van der Waals surface area contributed by atoms with Crippen molar-refractivity contribution in [3.05, 3.63) is 23.2 Å². The number of rotatable bonds is 4. The number of ether oxygens (including phenoxy) is 2. The van der Waals surface area contributed by atoms with Crippen molar-refractivity contribution in [1.82, 2.24) is 0 Å². The highest BCUT2D eigenvalue weighted by atomic mass is 16.5. The van der Waals surface area contributed by atoms with Crippen LogP contribution in [0.15, 0.2) is 23.2 Å². The summed E-state index contributed by atoms with van der Waals surface area (Å²) in [6.45, 7) is 6.03. The van der Waals surface area contributed by atoms with E-state index in [9.17, 15) is 0 Å². The summed E-state index contributed by atoms with van der Waals surface area (Å²) in [4.78, 5) is 0. The third-order valence-corrected chi connectivity index (χ3v) is 1.64. The Kier molecular flexibility index (Phi) is 5.26. The van der Waals surface area contributed by atoms with Crippen LogP contribution >= 0.6 is 0 Å². The van der Waals surface area contributed by atoms with Gasteiger partial charge in [-0.05, 0) is 20.8 Å². The molecule has 0 aromatic carbocycles. The molecule has 0 N–H and O–H groups in total. The van der Waals surface area contributed by atoms with Crippen molar-refractivity contribution in [2.24, 2.45) is 0 Å². The summed E-state index contributed by atoms with van der Waals surface area (Å²) in [6, 6.07) is 0. The second-order valence-corrected chi connectivity index (χ2v) is 2.87. The summed E-state index contributed by atoms with van der Waals surface area (Å²) < 4.78 is 10.2. The monoisotopic (exact) mass is 170 g/mol. The average Bonchev–Trinajstić information content (AvgIpc) is 2.04. The minimum absolute atomic E-state index is 0.804. The van der Waals surface area contributed by atoms with Crippen molar-refractivity contribution < 1.29 is 9.47 Å². The van der Waals surface area contributed by atoms with Gasteiger partial charge >= 0.3 is 0 Å². The number of allylic oxidation sites excluding steroid dienone is 3. The van der Waals surface area contributed by atoms with Gasteiger partial charge in [-0.25, -0.2) is 0 Å². The first-order valence-electron chi connectivity index (χ1n) is 4.03. The van der Waals surface area contributed by atoms with Crippen molar-refractivity contribution in [3.63, 3.8) is 0 Å². The van der Waals surface area contributed by atoms with Gasteiger partial charge < -0.3 is 9.47 Å². The minimum Gasteiger partial charge on any atom is -0.498 e. The Morgan fingerprint density at radius 3 is 2.00 bits per heavy atom. The lowest BCUT2D eigenvalue weighted by molar-refractivity contribution is 0.218. The van der Waals surface area contributed by atoms with E-state index in [1.54, 1.807) is 14.2 Å². The lowest BCUT2D eigenvalue weighted by atomic mass is 10.2. The van der Waals surface area contributed by atoms with Crippen molar-refractivity contribution >= 4 is 0 Å². The largest absolute Gasteiger partial charge is 0.498 e. The van der Waals surface area contributed by atoms with Crippen LogP contribution in [0.5, 0.6) is 0 Å². The predicted octanol–water partition coefficient (Wildman–Crippen LogP) is 2.87. The van der Waals surface area contributed by atoms with Gasteiger partial charge in [0.15, 0.2) is 0 Å². The maximum Gasteiger partial charge on any atom is 0.136 e. The Balaban J connectivity index is 4.28. The van der Waals surface area contributed by atoms with Crippen molar-refractivity contribution in [2.75, 3.05) is 14.2 Å². The van der Waals surface area contributed by atoms with E-state index in [1.165, 1.54) is 5.57 Å². The summed E-state index contributed by atoms with van der Waals surface area (Å²) in [7, 11) is 3.31. The SMILES string of the molecule is CO/C(C)=C(/CC=C(C)C)OC. The number of methoxy groups -OCH3 is 2. The molecule has 0 saturated heterocycles. The van der Waals surface area contributed by atoms with Crippen LogP contribution < -0.4 is 0 Å². The topological polar surface area (TPSA) is 18.5 Å². The van der Waals surface area contributed by atoms with Gasteiger partial charge in [0.1, 0.15) is 11.5 Å². The predicted molar refractivity (Wildman–Crippen MR) is 50.8 cm³/mol. The molecule has 0 fully saturated rings. The highest BCUT2D eigenvalue weighted by Gasteiger charge is 1.99. The van der Waals surface area contributed by atoms with Crippen LogP contribution in [-0.2, 0) is 9.47 Å². The lowest BCUT2D eigenvalue weighted by Gasteiger charge is -2.07. The standard InChI is InChI=1S/C10H18O2/c1-8(2)6-7-10(12-5)9(3)11-4/h6H,7H2,1-5H3/b10-9-. The van der Waals surface area contributed by atoms with Gasteiger partial charge in [-0.1, -0.05) is 11.6 Å². The highest BCUT2D eigenvalue weighted by molar-refractivity contribution is 5.07. The van der Waals surface area contributed by atoms with Gasteiger partial charge in [-0.15, -0.1) is 0 Å². The first-order valence-corrected chi connectivity index (χ1v) is 4.03. The van der Waals surface area contributed by atoms with Crippen molar-refractivity contribution in [3.8, 4) is 0 Å². The Labute approximate surface area is 74.9 Å². The third-order valence-electron chi connectivity index (χ3n) is 1.64. The van der Waals surface area contributed by atoms with Crippen LogP contribution in [0.1, 0.15) is 27.2 Å². The summed E-state index contributed by atoms with van der Waals surface area (Å²) in [6.07, 6.45) is 2.92. The molecule has 12 heavy (non-hydrogen) atoms. The third kappa shape index (κ3) is 4.06. The lowest BCUT2D eigenvalue weighted by Crippen LogP contribution is -1.93. The van der Waals surface area contributed by atoms with Gasteiger partial charge in [0.05, 0.1) is 14.2 Å². The maximum atomic E-state index is 5.16. The van der Waals surface area contributed by atoms with E-state index in [4.69, 9.17) is 9.47 Å². The molecule has 0 heterocycles. The average molecular weight is 170 g/mol. The molecular weight excluding hydrogens is 152 g/mol. The van der Waals surface area contributed by atoms with Crippen LogP contribution in [0.3, 0.4) is 0 Å². The molecule has 0 spiro atoms. The zero-order chi connectivity index (χ0) is 9.56. The quantitative estimate of drug-likeness (QED) is 0.477. The van der Waals surface area contributed by atoms with Crippen LogP contribution in [0, 0.1) is 0 Å². The molecule has 2 nitrogen and oxygen atoms in total. The highest BCUT2D eigenvalue weighted by Crippen LogP contribution is 2.11. The van der Waals surface area contributed by atoms with E-state index in [2.05, 4.69) is 19.9 Å². The second-order valence-electron chi connectivity index (χ2n) is 2.87. The Morgan fingerprint density at radius 1 is 1.08 bits per heavy atom. The van der Waals surface area contributed by atoms with Crippen molar-refractivity contribution in [1.29, 1.82) is 0 Å². The zero-order valence-electron chi connectivity index (χ0n) is 8.60. The molecule has 0 bridgehead atoms. The summed E-state index contributed by atoms with van der Waals surface area (Å²) in [5, 5.41) is 0. The first-order chi connectivity index (χ1) is 5.61. The molecule has 0 saturated carbocycles. The van der Waals surface area contributed by atoms with E-state index in [0.29, 0.717) is 0 Å². The van der Waals surface area contributed by atoms with Gasteiger partial charge in [-0.2, -0.15) is 0 Å². The van der Waals surface area contributed by atoms with Crippen LogP contribution in [0.4, 0.5) is 0 Å². The van der Waals surface area contributed by atoms with E-state index in [-0.39, 0.29) is 0 Å². The van der Waals surface area contributed by atoms with E-state index >= 15 is 0 Å². The number of hydrogen-bond acceptors (Lipinski definition) is 2. The van der Waals surface area contributed by atoms with Gasteiger partial charge in [0, 0.05) is 6.42 Å². The zero-order valence-corrected chi connectivity index (χ0v) is 8.60. The van der Waals surface area contributed by atoms with E-state index in [0.717, 1.165) is 17.9 Å². The van der Waals surface area contributed by atoms with Crippen molar-refractivity contribution in [2.45, 2.75) is 27.2 Å². The maximum absolute atomic E-state index is 5.16. The molecule has 0 aromatic rings. The molecule has 2 heteroatoms. The molecule has 70 valence electrons. The molecule has 0 rings (SSSR count). The Hall–Kier alpha value is -0.920. The minimum atomic E-state index is 0.804. The fourth-order valence-electron chi connectivity index (χ4n) is 0.781. The van der Waals surface area contributed by atoms with Crippen LogP contribution in [0.2, 0.25) is 0 Å². The molecule has 0 amide bonds. The summed E-state index contributed by atoms with van der Waals surface area (Å²) >= 11 is 0. The van der Waals surface area contributed by atoms with Gasteiger partial charge in [0.2, 0.25) is 0 Å². The first kappa shape index (κ1) is 11.1. The fraction of sp³-hybridized carbons (Fsp3) is 0.600. The molecule has 0 aliphatic carbocycles. The van der Waals surface area contributed by atoms with Gasteiger partial charge in [-0.3, -0.25) is 0 Å². The molecule has 0 aromatic heterocycles. The number of hydrogen-bond donors (Lipinski definition) is 0. The van der Waals surface area contributed by atoms with Crippen LogP contribution in [-0.4, -0.2) is 14.2 Å². The smallest absolute Gasteiger partial charge is 0.136 e. The molecule has 0 radical (unpaired) electrons. The van der Waals surface area contributed by atoms with E-state index < -0.39 is 0 Å². The molecule has 0 aliphatic heterocycles. The second kappa shape index (κ2) is 5.70. The van der Waals surface area contributed by atoms with Gasteiger partial charge in [0.25, 0.3) is 0 Å². The summed E-state index contributed by atoms with van der Waals surface area (Å²) in [5.41, 5.74) is 1.29. The normalized spacial score (nSPS) is 11.8. The molecule has 0 aliphatic rings. The molecule has 0 unspecified atom stereocenters. The van der Waals surface area contributed by atoms with E-state index in [1.807, 2.05) is 6.92 Å². The fourth-order valence-corrected chi connectivity index (χ4v) is 0.781. The molecular formula is C10H18O2. The molecule has 0 atom stereocenters. The summed E-state index contributed by atoms with van der Waals surface area (Å²) in [5.74, 6) is 1.73.